The lowest BCUT2D eigenvalue weighted by atomic mass is 10.1. The van der Waals surface area contributed by atoms with Crippen LogP contribution < -0.4 is 5.32 Å². The molecule has 6 nitrogen and oxygen atoms in total. The van der Waals surface area contributed by atoms with E-state index in [0.29, 0.717) is 45.2 Å². The summed E-state index contributed by atoms with van der Waals surface area (Å²) in [5.41, 5.74) is 0.0883. The molecule has 1 saturated heterocycles. The van der Waals surface area contributed by atoms with E-state index >= 15 is 0 Å². The first-order valence-electron chi connectivity index (χ1n) is 9.19. The molecule has 0 aromatic heterocycles. The number of nitrogens with zero attached hydrogens (tertiary/aromatic N) is 3. The lowest BCUT2D eigenvalue weighted by Gasteiger charge is -2.26. The van der Waals surface area contributed by atoms with Crippen molar-refractivity contribution in [2.24, 2.45) is 4.99 Å². The lowest BCUT2D eigenvalue weighted by molar-refractivity contribution is -0.137. The maximum atomic E-state index is 12.7. The van der Waals surface area contributed by atoms with Crippen LogP contribution in [-0.4, -0.2) is 75.5 Å². The summed E-state index contributed by atoms with van der Waals surface area (Å²) in [6.07, 6.45) is -4.34. The molecule has 1 aliphatic rings. The monoisotopic (exact) mass is 420 g/mol. The van der Waals surface area contributed by atoms with Gasteiger partial charge in [-0.15, -0.1) is 0 Å². The molecule has 158 valence electrons. The van der Waals surface area contributed by atoms with Gasteiger partial charge in [0, 0.05) is 39.8 Å². The molecule has 1 aromatic carbocycles. The summed E-state index contributed by atoms with van der Waals surface area (Å²) in [5.74, 6) is 1.03. The Hall–Kier alpha value is -1.81. The van der Waals surface area contributed by atoms with Crippen molar-refractivity contribution in [2.75, 3.05) is 51.3 Å². The fourth-order valence-corrected chi connectivity index (χ4v) is 4.17. The predicted molar refractivity (Wildman–Crippen MR) is 104 cm³/mol. The molecule has 0 aliphatic carbocycles. The number of sulfone groups is 1. The van der Waals surface area contributed by atoms with Crippen molar-refractivity contribution >= 4 is 15.8 Å². The molecule has 28 heavy (non-hydrogen) atoms. The van der Waals surface area contributed by atoms with E-state index < -0.39 is 21.6 Å². The zero-order valence-corrected chi connectivity index (χ0v) is 17.0. The number of hydrogen-bond donors (Lipinski definition) is 1. The van der Waals surface area contributed by atoms with Crippen LogP contribution in [0.4, 0.5) is 13.2 Å². The van der Waals surface area contributed by atoms with Crippen LogP contribution in [0.5, 0.6) is 0 Å². The van der Waals surface area contributed by atoms with Gasteiger partial charge in [0.1, 0.15) is 0 Å². The molecule has 0 bridgehead atoms. The maximum Gasteiger partial charge on any atom is 0.416 e. The van der Waals surface area contributed by atoms with Crippen LogP contribution in [0.3, 0.4) is 0 Å². The Morgan fingerprint density at radius 3 is 2.36 bits per heavy atom. The predicted octanol–water partition coefficient (Wildman–Crippen LogP) is 1.83. The van der Waals surface area contributed by atoms with Crippen molar-refractivity contribution in [1.29, 1.82) is 0 Å². The highest BCUT2D eigenvalue weighted by Gasteiger charge is 2.30. The van der Waals surface area contributed by atoms with Crippen LogP contribution in [0.15, 0.2) is 29.3 Å². The first kappa shape index (κ1) is 22.5. The zero-order chi connectivity index (χ0) is 20.8. The van der Waals surface area contributed by atoms with Gasteiger partial charge in [-0.05, 0) is 24.6 Å². The first-order valence-corrected chi connectivity index (χ1v) is 11.0. The van der Waals surface area contributed by atoms with E-state index in [2.05, 4.69) is 15.2 Å². The van der Waals surface area contributed by atoms with Crippen LogP contribution in [-0.2, 0) is 22.6 Å². The summed E-state index contributed by atoms with van der Waals surface area (Å²) in [5, 5.41) is 3.17. The third-order valence-corrected chi connectivity index (χ3v) is 6.12. The minimum absolute atomic E-state index is 0.185. The first-order chi connectivity index (χ1) is 13.1. The van der Waals surface area contributed by atoms with Gasteiger partial charge in [-0.25, -0.2) is 8.42 Å². The van der Waals surface area contributed by atoms with Crippen molar-refractivity contribution in [2.45, 2.75) is 19.6 Å². The molecule has 1 aliphatic heterocycles. The quantitative estimate of drug-likeness (QED) is 0.562. The largest absolute Gasteiger partial charge is 0.416 e. The standard InChI is InChI=1S/C18H27F3N4O2S/c1-3-22-17(23-8-9-25-10-12-28(26,27)13-11-25)24(2)14-15-4-6-16(7-5-15)18(19,20)21/h4-7H,3,8-14H2,1-2H3,(H,22,23). The van der Waals surface area contributed by atoms with Crippen molar-refractivity contribution in [3.05, 3.63) is 35.4 Å². The average molecular weight is 421 g/mol. The van der Waals surface area contributed by atoms with Crippen LogP contribution in [0, 0.1) is 0 Å². The molecule has 10 heteroatoms. The van der Waals surface area contributed by atoms with Crippen molar-refractivity contribution in [3.8, 4) is 0 Å². The van der Waals surface area contributed by atoms with Gasteiger partial charge < -0.3 is 10.2 Å². The average Bonchev–Trinajstić information content (AvgIpc) is 2.62. The van der Waals surface area contributed by atoms with Crippen LogP contribution in [0.1, 0.15) is 18.1 Å². The Balaban J connectivity index is 1.91. The van der Waals surface area contributed by atoms with Crippen molar-refractivity contribution in [3.63, 3.8) is 0 Å². The van der Waals surface area contributed by atoms with Gasteiger partial charge in [-0.2, -0.15) is 13.2 Å². The number of rotatable bonds is 6. The molecule has 2 rings (SSSR count). The number of guanidine groups is 1. The molecule has 1 fully saturated rings. The summed E-state index contributed by atoms with van der Waals surface area (Å²) < 4.78 is 60.9. The summed E-state index contributed by atoms with van der Waals surface area (Å²) in [6.45, 7) is 5.25. The molecule has 0 radical (unpaired) electrons. The number of hydrogen-bond acceptors (Lipinski definition) is 4. The highest BCUT2D eigenvalue weighted by atomic mass is 32.2. The molecule has 1 N–H and O–H groups in total. The van der Waals surface area contributed by atoms with Crippen LogP contribution in [0.25, 0.3) is 0 Å². The van der Waals surface area contributed by atoms with Crippen molar-refractivity contribution < 1.29 is 21.6 Å². The Bertz CT molecular complexity index is 750. The van der Waals surface area contributed by atoms with E-state index in [1.165, 1.54) is 12.1 Å². The lowest BCUT2D eigenvalue weighted by Crippen LogP contribution is -2.42. The molecular weight excluding hydrogens is 393 g/mol. The molecule has 0 saturated carbocycles. The normalized spacial score (nSPS) is 18.1. The molecule has 1 aromatic rings. The number of alkyl halides is 3. The van der Waals surface area contributed by atoms with E-state index in [0.717, 1.165) is 17.7 Å². The fourth-order valence-electron chi connectivity index (χ4n) is 2.89. The van der Waals surface area contributed by atoms with Gasteiger partial charge >= 0.3 is 6.18 Å². The minimum Gasteiger partial charge on any atom is -0.357 e. The second kappa shape index (κ2) is 9.60. The molecule has 0 amide bonds. The van der Waals surface area contributed by atoms with Gasteiger partial charge in [-0.3, -0.25) is 9.89 Å². The smallest absolute Gasteiger partial charge is 0.357 e. The van der Waals surface area contributed by atoms with Crippen molar-refractivity contribution in [1.82, 2.24) is 15.1 Å². The second-order valence-electron chi connectivity index (χ2n) is 6.78. The van der Waals surface area contributed by atoms with E-state index in [1.807, 2.05) is 18.9 Å². The van der Waals surface area contributed by atoms with Crippen LogP contribution >= 0.6 is 0 Å². The molecule has 0 unspecified atom stereocenters. The zero-order valence-electron chi connectivity index (χ0n) is 16.2. The third kappa shape index (κ3) is 6.97. The Labute approximate surface area is 164 Å². The molecular formula is C18H27F3N4O2S. The number of aliphatic imine (C=N–C) groups is 1. The summed E-state index contributed by atoms with van der Waals surface area (Å²) in [6, 6.07) is 5.10. The molecule has 1 heterocycles. The van der Waals surface area contributed by atoms with Gasteiger partial charge in [0.15, 0.2) is 15.8 Å². The molecule has 0 spiro atoms. The highest BCUT2D eigenvalue weighted by molar-refractivity contribution is 7.91. The maximum absolute atomic E-state index is 12.7. The van der Waals surface area contributed by atoms with Crippen LogP contribution in [0.2, 0.25) is 0 Å². The Morgan fingerprint density at radius 1 is 1.21 bits per heavy atom. The van der Waals surface area contributed by atoms with E-state index in [4.69, 9.17) is 0 Å². The van der Waals surface area contributed by atoms with Gasteiger partial charge in [0.25, 0.3) is 0 Å². The number of nitrogens with one attached hydrogen (secondary N) is 1. The van der Waals surface area contributed by atoms with E-state index in [9.17, 15) is 21.6 Å². The summed E-state index contributed by atoms with van der Waals surface area (Å²) >= 11 is 0. The van der Waals surface area contributed by atoms with Gasteiger partial charge in [0.05, 0.1) is 23.6 Å². The van der Waals surface area contributed by atoms with E-state index in [-0.39, 0.29) is 11.5 Å². The summed E-state index contributed by atoms with van der Waals surface area (Å²) in [7, 11) is -1.07. The summed E-state index contributed by atoms with van der Waals surface area (Å²) in [4.78, 5) is 8.48. The highest BCUT2D eigenvalue weighted by Crippen LogP contribution is 2.29. The van der Waals surface area contributed by atoms with Gasteiger partial charge in [-0.1, -0.05) is 12.1 Å². The number of halogens is 3. The topological polar surface area (TPSA) is 65.0 Å². The fraction of sp³-hybridized carbons (Fsp3) is 0.611. The molecule has 0 atom stereocenters. The second-order valence-corrected chi connectivity index (χ2v) is 9.08. The Morgan fingerprint density at radius 2 is 1.82 bits per heavy atom. The van der Waals surface area contributed by atoms with Gasteiger partial charge in [0.2, 0.25) is 0 Å². The SMILES string of the molecule is CCNC(=NCCN1CCS(=O)(=O)CC1)N(C)Cc1ccc(C(F)(F)F)cc1. The third-order valence-electron chi connectivity index (χ3n) is 4.51. The van der Waals surface area contributed by atoms with E-state index in [1.54, 1.807) is 0 Å². The Kier molecular flexibility index (Phi) is 7.70. The minimum atomic E-state index is -4.34. The number of benzene rings is 1.